The van der Waals surface area contributed by atoms with Crippen LogP contribution in [0, 0.1) is 13.8 Å². The van der Waals surface area contributed by atoms with E-state index in [9.17, 15) is 4.79 Å². The second-order valence-electron chi connectivity index (χ2n) is 4.81. The van der Waals surface area contributed by atoms with Gasteiger partial charge in [-0.15, -0.1) is 0 Å². The van der Waals surface area contributed by atoms with Crippen molar-refractivity contribution in [2.45, 2.75) is 13.8 Å². The molecule has 0 aliphatic heterocycles. The Hall–Kier alpha value is -1.77. The summed E-state index contributed by atoms with van der Waals surface area (Å²) >= 11 is 12.0. The van der Waals surface area contributed by atoms with Gasteiger partial charge in [-0.25, -0.2) is 0 Å². The minimum atomic E-state index is -0.223. The number of rotatable bonds is 3. The lowest BCUT2D eigenvalue weighted by atomic mass is 10.1. The summed E-state index contributed by atoms with van der Waals surface area (Å²) in [4.78, 5) is 12.0. The number of anilines is 1. The fourth-order valence-corrected chi connectivity index (χ4v) is 2.48. The number of aryl methyl sites for hydroxylation is 2. The second-order valence-corrected chi connectivity index (χ2v) is 5.66. The van der Waals surface area contributed by atoms with Crippen molar-refractivity contribution in [3.63, 3.8) is 0 Å². The molecule has 0 aromatic heterocycles. The standard InChI is InChI=1S/C17H15Cl2NO/c1-11-9-12(2)17(15(19)10-11)20-16(21)8-5-13-3-6-14(18)7-4-13/h3-10H,1-2H3,(H,20,21)/b8-5+. The van der Waals surface area contributed by atoms with Crippen LogP contribution in [0.5, 0.6) is 0 Å². The Labute approximate surface area is 134 Å². The molecule has 0 aliphatic carbocycles. The summed E-state index contributed by atoms with van der Waals surface area (Å²) in [6.45, 7) is 3.88. The first-order valence-corrected chi connectivity index (χ1v) is 7.22. The van der Waals surface area contributed by atoms with Gasteiger partial charge in [0.2, 0.25) is 5.91 Å². The Morgan fingerprint density at radius 3 is 2.38 bits per heavy atom. The number of halogens is 2. The van der Waals surface area contributed by atoms with E-state index >= 15 is 0 Å². The summed E-state index contributed by atoms with van der Waals surface area (Å²) in [5.41, 5.74) is 3.55. The van der Waals surface area contributed by atoms with Gasteiger partial charge in [0.05, 0.1) is 10.7 Å². The maximum absolute atomic E-state index is 12.0. The Balaban J connectivity index is 2.10. The van der Waals surface area contributed by atoms with E-state index in [4.69, 9.17) is 23.2 Å². The summed E-state index contributed by atoms with van der Waals surface area (Å²) in [7, 11) is 0. The highest BCUT2D eigenvalue weighted by atomic mass is 35.5. The van der Waals surface area contributed by atoms with Crippen LogP contribution < -0.4 is 5.32 Å². The highest BCUT2D eigenvalue weighted by Gasteiger charge is 2.07. The first-order chi connectivity index (χ1) is 9.95. The fraction of sp³-hybridized carbons (Fsp3) is 0.118. The molecule has 0 unspecified atom stereocenters. The summed E-state index contributed by atoms with van der Waals surface area (Å²) < 4.78 is 0. The average molecular weight is 320 g/mol. The summed E-state index contributed by atoms with van der Waals surface area (Å²) in [6.07, 6.45) is 3.20. The molecule has 0 atom stereocenters. The van der Waals surface area contributed by atoms with Gasteiger partial charge >= 0.3 is 0 Å². The number of carbonyl (C=O) groups is 1. The van der Waals surface area contributed by atoms with Gasteiger partial charge < -0.3 is 5.32 Å². The first kappa shape index (κ1) is 15.6. The number of hydrogen-bond acceptors (Lipinski definition) is 1. The molecule has 2 nitrogen and oxygen atoms in total. The van der Waals surface area contributed by atoms with Crippen molar-refractivity contribution in [2.75, 3.05) is 5.32 Å². The summed E-state index contributed by atoms with van der Waals surface area (Å²) in [6, 6.07) is 11.0. The van der Waals surface area contributed by atoms with Crippen LogP contribution in [0.3, 0.4) is 0 Å². The molecule has 108 valence electrons. The highest BCUT2D eigenvalue weighted by molar-refractivity contribution is 6.34. The Morgan fingerprint density at radius 1 is 1.10 bits per heavy atom. The molecule has 2 aromatic rings. The normalized spacial score (nSPS) is 10.9. The van der Waals surface area contributed by atoms with E-state index < -0.39 is 0 Å². The van der Waals surface area contributed by atoms with Crippen LogP contribution in [0.4, 0.5) is 5.69 Å². The topological polar surface area (TPSA) is 29.1 Å². The van der Waals surface area contributed by atoms with E-state index in [1.807, 2.05) is 38.1 Å². The molecule has 0 spiro atoms. The van der Waals surface area contributed by atoms with Crippen molar-refractivity contribution < 1.29 is 4.79 Å². The zero-order valence-corrected chi connectivity index (χ0v) is 13.3. The van der Waals surface area contributed by atoms with Crippen molar-refractivity contribution in [1.29, 1.82) is 0 Å². The maximum Gasteiger partial charge on any atom is 0.248 e. The minimum Gasteiger partial charge on any atom is -0.321 e. The molecular weight excluding hydrogens is 305 g/mol. The van der Waals surface area contributed by atoms with E-state index in [0.29, 0.717) is 15.7 Å². The molecule has 4 heteroatoms. The van der Waals surface area contributed by atoms with Crippen LogP contribution in [-0.2, 0) is 4.79 Å². The Morgan fingerprint density at radius 2 is 1.76 bits per heavy atom. The number of benzene rings is 2. The van der Waals surface area contributed by atoms with E-state index in [1.165, 1.54) is 6.08 Å². The molecule has 0 heterocycles. The monoisotopic (exact) mass is 319 g/mol. The van der Waals surface area contributed by atoms with Gasteiger partial charge in [-0.05, 0) is 54.8 Å². The molecule has 0 fully saturated rings. The predicted molar refractivity (Wildman–Crippen MR) is 90.0 cm³/mol. The van der Waals surface area contributed by atoms with Gasteiger partial charge in [0, 0.05) is 11.1 Å². The second kappa shape index (κ2) is 6.79. The highest BCUT2D eigenvalue weighted by Crippen LogP contribution is 2.27. The van der Waals surface area contributed by atoms with Crippen LogP contribution in [0.2, 0.25) is 10.0 Å². The largest absolute Gasteiger partial charge is 0.321 e. The van der Waals surface area contributed by atoms with Crippen LogP contribution >= 0.6 is 23.2 Å². The smallest absolute Gasteiger partial charge is 0.248 e. The van der Waals surface area contributed by atoms with E-state index in [-0.39, 0.29) is 5.91 Å². The Bertz CT molecular complexity index is 667. The molecule has 0 bridgehead atoms. The quantitative estimate of drug-likeness (QED) is 0.768. The third-order valence-corrected chi connectivity index (χ3v) is 3.53. The summed E-state index contributed by atoms with van der Waals surface area (Å²) in [5.74, 6) is -0.223. The molecule has 1 N–H and O–H groups in total. The third kappa shape index (κ3) is 4.35. The lowest BCUT2D eigenvalue weighted by Crippen LogP contribution is -2.09. The Kier molecular flexibility index (Phi) is 5.05. The van der Waals surface area contributed by atoms with Crippen LogP contribution in [0.25, 0.3) is 6.08 Å². The van der Waals surface area contributed by atoms with Crippen molar-refractivity contribution in [2.24, 2.45) is 0 Å². The minimum absolute atomic E-state index is 0.223. The predicted octanol–water partition coefficient (Wildman–Crippen LogP) is 5.26. The number of carbonyl (C=O) groups excluding carboxylic acids is 1. The lowest BCUT2D eigenvalue weighted by molar-refractivity contribution is -0.111. The maximum atomic E-state index is 12.0. The zero-order valence-electron chi connectivity index (χ0n) is 11.8. The first-order valence-electron chi connectivity index (χ1n) is 6.47. The van der Waals surface area contributed by atoms with Crippen molar-refractivity contribution in [1.82, 2.24) is 0 Å². The van der Waals surface area contributed by atoms with Crippen LogP contribution in [-0.4, -0.2) is 5.91 Å². The lowest BCUT2D eigenvalue weighted by Gasteiger charge is -2.10. The molecule has 2 rings (SSSR count). The molecule has 0 saturated heterocycles. The molecule has 21 heavy (non-hydrogen) atoms. The zero-order chi connectivity index (χ0) is 15.4. The van der Waals surface area contributed by atoms with Crippen molar-refractivity contribution in [3.8, 4) is 0 Å². The molecule has 1 amide bonds. The van der Waals surface area contributed by atoms with Crippen molar-refractivity contribution in [3.05, 3.63) is 69.2 Å². The van der Waals surface area contributed by atoms with Crippen LogP contribution in [0.15, 0.2) is 42.5 Å². The van der Waals surface area contributed by atoms with E-state index in [0.717, 1.165) is 16.7 Å². The van der Waals surface area contributed by atoms with Gasteiger partial charge in [-0.2, -0.15) is 0 Å². The molecular formula is C17H15Cl2NO. The van der Waals surface area contributed by atoms with Gasteiger partial charge in [0.1, 0.15) is 0 Å². The number of nitrogens with one attached hydrogen (secondary N) is 1. The van der Waals surface area contributed by atoms with Crippen molar-refractivity contribution >= 4 is 40.9 Å². The number of amides is 1. The fourth-order valence-electron chi connectivity index (χ4n) is 1.98. The summed E-state index contributed by atoms with van der Waals surface area (Å²) in [5, 5.41) is 4.01. The van der Waals surface area contributed by atoms with E-state index in [2.05, 4.69) is 5.32 Å². The van der Waals surface area contributed by atoms with Gasteiger partial charge in [0.15, 0.2) is 0 Å². The third-order valence-electron chi connectivity index (χ3n) is 2.98. The SMILES string of the molecule is Cc1cc(C)c(NC(=O)/C=C/c2ccc(Cl)cc2)c(Cl)c1. The molecule has 2 aromatic carbocycles. The van der Waals surface area contributed by atoms with E-state index in [1.54, 1.807) is 18.2 Å². The van der Waals surface area contributed by atoms with Gasteiger partial charge in [0.25, 0.3) is 0 Å². The van der Waals surface area contributed by atoms with Crippen LogP contribution in [0.1, 0.15) is 16.7 Å². The molecule has 0 radical (unpaired) electrons. The molecule has 0 aliphatic rings. The van der Waals surface area contributed by atoms with Gasteiger partial charge in [-0.1, -0.05) is 41.4 Å². The average Bonchev–Trinajstić information content (AvgIpc) is 2.42. The van der Waals surface area contributed by atoms with Gasteiger partial charge in [-0.3, -0.25) is 4.79 Å². The number of hydrogen-bond donors (Lipinski definition) is 1. The molecule has 0 saturated carbocycles.